The van der Waals surface area contributed by atoms with Crippen LogP contribution in [0.2, 0.25) is 0 Å². The Labute approximate surface area is 188 Å². The number of nitrogens with one attached hydrogen (secondary N) is 1. The number of aromatic nitrogens is 1. The van der Waals surface area contributed by atoms with Crippen LogP contribution in [0.3, 0.4) is 0 Å². The molecule has 1 saturated heterocycles. The molecule has 0 spiro atoms. The second kappa shape index (κ2) is 9.91. The smallest absolute Gasteiger partial charge is 0.234 e. The number of benzene rings is 2. The lowest BCUT2D eigenvalue weighted by atomic mass is 9.96. The minimum Gasteiger partial charge on any atom is -0.295 e. The normalized spacial score (nSPS) is 15.9. The van der Waals surface area contributed by atoms with Gasteiger partial charge in [-0.05, 0) is 18.1 Å². The van der Waals surface area contributed by atoms with E-state index in [0.717, 1.165) is 38.4 Å². The van der Waals surface area contributed by atoms with Gasteiger partial charge in [0.15, 0.2) is 5.13 Å². The Morgan fingerprint density at radius 2 is 1.55 bits per heavy atom. The lowest BCUT2D eigenvalue weighted by molar-refractivity contribution is 0.104. The molecule has 1 aromatic heterocycles. The molecule has 0 aliphatic carbocycles. The molecule has 0 radical (unpaired) electrons. The fourth-order valence-corrected chi connectivity index (χ4v) is 5.50. The van der Waals surface area contributed by atoms with Crippen molar-refractivity contribution in [2.24, 2.45) is 0 Å². The summed E-state index contributed by atoms with van der Waals surface area (Å²) in [4.78, 5) is 9.39. The summed E-state index contributed by atoms with van der Waals surface area (Å²) in [6, 6.07) is 21.6. The van der Waals surface area contributed by atoms with Crippen molar-refractivity contribution in [3.05, 3.63) is 82.9 Å². The summed E-state index contributed by atoms with van der Waals surface area (Å²) < 4.78 is 26.0. The van der Waals surface area contributed by atoms with Crippen LogP contribution in [0.4, 0.5) is 5.13 Å². The molecule has 0 amide bonds. The average molecular weight is 457 g/mol. The summed E-state index contributed by atoms with van der Waals surface area (Å²) in [5, 5.41) is 2.39. The number of thiazole rings is 1. The van der Waals surface area contributed by atoms with Crippen molar-refractivity contribution in [3.8, 4) is 0 Å². The van der Waals surface area contributed by atoms with Gasteiger partial charge < -0.3 is 0 Å². The van der Waals surface area contributed by atoms with Crippen LogP contribution in [0.1, 0.15) is 29.8 Å². The number of hydrogen-bond acceptors (Lipinski definition) is 6. The SMILES string of the molecule is CCS(=O)(=O)Nc1nc(CN2CCN(C(c3ccccc3)c3ccccc3)CC2)cs1. The van der Waals surface area contributed by atoms with E-state index in [-0.39, 0.29) is 11.8 Å². The number of sulfonamides is 1. The van der Waals surface area contributed by atoms with Crippen LogP contribution < -0.4 is 4.72 Å². The van der Waals surface area contributed by atoms with Crippen LogP contribution in [0.25, 0.3) is 0 Å². The standard InChI is InChI=1S/C23H28N4O2S2/c1-2-31(28,29)25-23-24-21(18-30-23)17-26-13-15-27(16-14-26)22(19-9-5-3-6-10-19)20-11-7-4-8-12-20/h3-12,18,22H,2,13-17H2,1H3,(H,24,25). The lowest BCUT2D eigenvalue weighted by Gasteiger charge is -2.39. The number of nitrogens with zero attached hydrogens (tertiary/aromatic N) is 3. The molecule has 1 fully saturated rings. The Hall–Kier alpha value is -2.26. The van der Waals surface area contributed by atoms with Gasteiger partial charge in [-0.1, -0.05) is 60.7 Å². The molecule has 6 nitrogen and oxygen atoms in total. The van der Waals surface area contributed by atoms with E-state index >= 15 is 0 Å². The van der Waals surface area contributed by atoms with Crippen LogP contribution >= 0.6 is 11.3 Å². The molecule has 4 rings (SSSR count). The molecule has 3 aromatic rings. The van der Waals surface area contributed by atoms with Gasteiger partial charge in [0.2, 0.25) is 10.0 Å². The Morgan fingerprint density at radius 1 is 0.968 bits per heavy atom. The second-order valence-electron chi connectivity index (χ2n) is 7.69. The summed E-state index contributed by atoms with van der Waals surface area (Å²) >= 11 is 1.34. The van der Waals surface area contributed by atoms with Gasteiger partial charge in [0.05, 0.1) is 17.5 Å². The first-order valence-corrected chi connectivity index (χ1v) is 13.1. The third-order valence-corrected chi connectivity index (χ3v) is 7.76. The molecule has 2 aromatic carbocycles. The van der Waals surface area contributed by atoms with Gasteiger partial charge in [-0.3, -0.25) is 14.5 Å². The quantitative estimate of drug-likeness (QED) is 0.558. The van der Waals surface area contributed by atoms with Crippen LogP contribution in [0, 0.1) is 0 Å². The van der Waals surface area contributed by atoms with E-state index in [0.29, 0.717) is 5.13 Å². The Balaban J connectivity index is 1.40. The van der Waals surface area contributed by atoms with E-state index in [1.807, 2.05) is 5.38 Å². The lowest BCUT2D eigenvalue weighted by Crippen LogP contribution is -2.47. The van der Waals surface area contributed by atoms with Gasteiger partial charge >= 0.3 is 0 Å². The van der Waals surface area contributed by atoms with Crippen LogP contribution in [-0.2, 0) is 16.6 Å². The topological polar surface area (TPSA) is 65.5 Å². The molecular weight excluding hydrogens is 428 g/mol. The second-order valence-corrected chi connectivity index (χ2v) is 10.6. The van der Waals surface area contributed by atoms with Crippen molar-refractivity contribution in [2.45, 2.75) is 19.5 Å². The maximum Gasteiger partial charge on any atom is 0.234 e. The predicted molar refractivity (Wildman–Crippen MR) is 127 cm³/mol. The first-order chi connectivity index (χ1) is 15.0. The largest absolute Gasteiger partial charge is 0.295 e. The summed E-state index contributed by atoms with van der Waals surface area (Å²) in [5.41, 5.74) is 3.54. The Kier molecular flexibility index (Phi) is 7.02. The molecule has 0 unspecified atom stereocenters. The fourth-order valence-electron chi connectivity index (χ4n) is 3.93. The van der Waals surface area contributed by atoms with Gasteiger partial charge in [0, 0.05) is 38.1 Å². The molecule has 164 valence electrons. The molecule has 8 heteroatoms. The monoisotopic (exact) mass is 456 g/mol. The molecule has 2 heterocycles. The van der Waals surface area contributed by atoms with E-state index in [1.165, 1.54) is 22.5 Å². The van der Waals surface area contributed by atoms with Gasteiger partial charge in [-0.2, -0.15) is 0 Å². The number of rotatable bonds is 8. The highest BCUT2D eigenvalue weighted by Crippen LogP contribution is 2.29. The Morgan fingerprint density at radius 3 is 2.10 bits per heavy atom. The van der Waals surface area contributed by atoms with E-state index in [2.05, 4.69) is 80.2 Å². The predicted octanol–water partition coefficient (Wildman–Crippen LogP) is 3.81. The van der Waals surface area contributed by atoms with Crippen molar-refractivity contribution in [1.82, 2.24) is 14.8 Å². The van der Waals surface area contributed by atoms with Crippen molar-refractivity contribution in [1.29, 1.82) is 0 Å². The molecule has 31 heavy (non-hydrogen) atoms. The van der Waals surface area contributed by atoms with E-state index < -0.39 is 10.0 Å². The van der Waals surface area contributed by atoms with E-state index in [4.69, 9.17) is 0 Å². The molecule has 1 aliphatic rings. The number of piperazine rings is 1. The summed E-state index contributed by atoms with van der Waals surface area (Å²) in [5.74, 6) is 0.0495. The maximum atomic E-state index is 11.7. The first kappa shape index (κ1) is 22.0. The van der Waals surface area contributed by atoms with Crippen LogP contribution in [0.5, 0.6) is 0 Å². The van der Waals surface area contributed by atoms with Gasteiger partial charge in [-0.15, -0.1) is 11.3 Å². The molecular formula is C23H28N4O2S2. The van der Waals surface area contributed by atoms with Gasteiger partial charge in [0.25, 0.3) is 0 Å². The molecule has 0 saturated carbocycles. The minimum absolute atomic E-state index is 0.0495. The van der Waals surface area contributed by atoms with Crippen molar-refractivity contribution < 1.29 is 8.42 Å². The van der Waals surface area contributed by atoms with Crippen molar-refractivity contribution >= 4 is 26.5 Å². The number of hydrogen-bond donors (Lipinski definition) is 1. The summed E-state index contributed by atoms with van der Waals surface area (Å²) in [7, 11) is -3.28. The molecule has 0 bridgehead atoms. The highest BCUT2D eigenvalue weighted by molar-refractivity contribution is 7.92. The van der Waals surface area contributed by atoms with Gasteiger partial charge in [-0.25, -0.2) is 13.4 Å². The summed E-state index contributed by atoms with van der Waals surface area (Å²) in [6.45, 7) is 6.18. The zero-order chi connectivity index (χ0) is 21.7. The Bertz CT molecular complexity index is 1020. The van der Waals surface area contributed by atoms with E-state index in [1.54, 1.807) is 6.92 Å². The molecule has 1 aliphatic heterocycles. The van der Waals surface area contributed by atoms with Crippen molar-refractivity contribution in [2.75, 3.05) is 36.7 Å². The summed E-state index contributed by atoms with van der Waals surface area (Å²) in [6.07, 6.45) is 0. The van der Waals surface area contributed by atoms with Crippen LogP contribution in [-0.4, -0.2) is 55.1 Å². The molecule has 1 N–H and O–H groups in total. The fraction of sp³-hybridized carbons (Fsp3) is 0.348. The maximum absolute atomic E-state index is 11.7. The highest BCUT2D eigenvalue weighted by atomic mass is 32.2. The first-order valence-electron chi connectivity index (χ1n) is 10.6. The third kappa shape index (κ3) is 5.71. The minimum atomic E-state index is -3.28. The molecule has 0 atom stereocenters. The van der Waals surface area contributed by atoms with Gasteiger partial charge in [0.1, 0.15) is 0 Å². The average Bonchev–Trinajstić information content (AvgIpc) is 3.22. The number of anilines is 1. The zero-order valence-corrected chi connectivity index (χ0v) is 19.3. The zero-order valence-electron chi connectivity index (χ0n) is 17.6. The van der Waals surface area contributed by atoms with E-state index in [9.17, 15) is 8.42 Å². The van der Waals surface area contributed by atoms with Crippen molar-refractivity contribution in [3.63, 3.8) is 0 Å². The van der Waals surface area contributed by atoms with Crippen LogP contribution in [0.15, 0.2) is 66.0 Å². The third-order valence-electron chi connectivity index (χ3n) is 5.56. The highest BCUT2D eigenvalue weighted by Gasteiger charge is 2.26.